The van der Waals surface area contributed by atoms with Crippen molar-refractivity contribution in [2.45, 2.75) is 13.8 Å². The fourth-order valence-corrected chi connectivity index (χ4v) is 3.12. The van der Waals surface area contributed by atoms with E-state index in [9.17, 15) is 0 Å². The number of nitrogens with zero attached hydrogens (tertiary/aromatic N) is 1. The van der Waals surface area contributed by atoms with Gasteiger partial charge in [-0.15, -0.1) is 0 Å². The van der Waals surface area contributed by atoms with Crippen LogP contribution in [0.25, 0.3) is 0 Å². The van der Waals surface area contributed by atoms with Gasteiger partial charge in [-0.25, -0.2) is 0 Å². The Bertz CT molecular complexity index is 766. The van der Waals surface area contributed by atoms with E-state index in [2.05, 4.69) is 53.6 Å². The Kier molecular flexibility index (Phi) is 6.17. The first-order valence-electron chi connectivity index (χ1n) is 8.92. The summed E-state index contributed by atoms with van der Waals surface area (Å²) in [6.45, 7) is 8.03. The second-order valence-electron chi connectivity index (χ2n) is 6.16. The molecule has 138 valence electrons. The first-order valence-corrected chi connectivity index (χ1v) is 9.32. The minimum atomic E-state index is 0.574. The van der Waals surface area contributed by atoms with Crippen LogP contribution in [0.2, 0.25) is 0 Å². The van der Waals surface area contributed by atoms with Crippen LogP contribution in [-0.2, 0) is 0 Å². The lowest BCUT2D eigenvalue weighted by molar-refractivity contribution is 0.171. The maximum absolute atomic E-state index is 5.60. The molecule has 0 amide bonds. The van der Waals surface area contributed by atoms with Gasteiger partial charge in [-0.1, -0.05) is 12.1 Å². The van der Waals surface area contributed by atoms with Gasteiger partial charge in [0.1, 0.15) is 13.2 Å². The zero-order valence-electron chi connectivity index (χ0n) is 15.2. The van der Waals surface area contributed by atoms with Crippen molar-refractivity contribution in [2.75, 3.05) is 43.1 Å². The zero-order valence-corrected chi connectivity index (χ0v) is 16.1. The Hall–Kier alpha value is -2.47. The number of anilines is 2. The summed E-state index contributed by atoms with van der Waals surface area (Å²) in [6.07, 6.45) is 0. The maximum Gasteiger partial charge on any atom is 0.170 e. The van der Waals surface area contributed by atoms with Gasteiger partial charge in [0, 0.05) is 37.1 Å². The molecule has 1 aliphatic heterocycles. The highest BCUT2D eigenvalue weighted by Gasteiger charge is 2.12. The zero-order chi connectivity index (χ0) is 18.4. The van der Waals surface area contributed by atoms with Gasteiger partial charge in [-0.2, -0.15) is 0 Å². The van der Waals surface area contributed by atoms with Gasteiger partial charge in [0.15, 0.2) is 16.6 Å². The van der Waals surface area contributed by atoms with Crippen molar-refractivity contribution in [1.82, 2.24) is 5.32 Å². The number of hydrogen-bond acceptors (Lipinski definition) is 4. The molecule has 0 spiro atoms. The van der Waals surface area contributed by atoms with Gasteiger partial charge in [0.05, 0.1) is 0 Å². The topological polar surface area (TPSA) is 45.8 Å². The molecular formula is C20H25N3O2S. The van der Waals surface area contributed by atoms with Crippen molar-refractivity contribution in [3.63, 3.8) is 0 Å². The molecule has 2 N–H and O–H groups in total. The molecule has 3 rings (SSSR count). The summed E-state index contributed by atoms with van der Waals surface area (Å²) in [5.41, 5.74) is 3.39. The smallest absolute Gasteiger partial charge is 0.170 e. The Labute approximate surface area is 160 Å². The molecule has 0 saturated carbocycles. The lowest BCUT2D eigenvalue weighted by Gasteiger charge is -2.24. The molecule has 0 unspecified atom stereocenters. The molecule has 6 heteroatoms. The summed E-state index contributed by atoms with van der Waals surface area (Å²) in [4.78, 5) is 2.33. The minimum absolute atomic E-state index is 0.574. The van der Waals surface area contributed by atoms with Crippen LogP contribution in [0.15, 0.2) is 42.5 Å². The number of rotatable bonds is 6. The number of ether oxygens (including phenoxy) is 2. The first kappa shape index (κ1) is 18.3. The number of hydrogen-bond donors (Lipinski definition) is 2. The number of nitrogens with one attached hydrogen (secondary N) is 2. The van der Waals surface area contributed by atoms with E-state index in [0.29, 0.717) is 18.3 Å². The third-order valence-corrected chi connectivity index (χ3v) is 4.46. The van der Waals surface area contributed by atoms with Crippen LogP contribution < -0.4 is 25.0 Å². The summed E-state index contributed by atoms with van der Waals surface area (Å²) in [6, 6.07) is 14.3. The second kappa shape index (κ2) is 8.76. The van der Waals surface area contributed by atoms with Crippen molar-refractivity contribution >= 4 is 28.7 Å². The highest BCUT2D eigenvalue weighted by molar-refractivity contribution is 7.80. The van der Waals surface area contributed by atoms with Crippen LogP contribution in [0.1, 0.15) is 12.5 Å². The summed E-state index contributed by atoms with van der Waals surface area (Å²) in [5.74, 6) is 1.53. The van der Waals surface area contributed by atoms with Crippen molar-refractivity contribution in [1.29, 1.82) is 0 Å². The predicted molar refractivity (Wildman–Crippen MR) is 111 cm³/mol. The molecule has 1 heterocycles. The Morgan fingerprint density at radius 2 is 1.92 bits per heavy atom. The molecule has 1 aliphatic rings. The molecule has 0 aromatic heterocycles. The molecular weight excluding hydrogens is 346 g/mol. The van der Waals surface area contributed by atoms with E-state index in [4.69, 9.17) is 21.7 Å². The molecule has 0 atom stereocenters. The van der Waals surface area contributed by atoms with Crippen molar-refractivity contribution in [2.24, 2.45) is 0 Å². The Balaban J connectivity index is 1.49. The average Bonchev–Trinajstić information content (AvgIpc) is 2.65. The monoisotopic (exact) mass is 371 g/mol. The number of benzene rings is 2. The number of thiocarbonyl (C=S) groups is 1. The van der Waals surface area contributed by atoms with E-state index < -0.39 is 0 Å². The fourth-order valence-electron chi connectivity index (χ4n) is 2.90. The molecule has 26 heavy (non-hydrogen) atoms. The average molecular weight is 372 g/mol. The van der Waals surface area contributed by atoms with Crippen molar-refractivity contribution in [3.05, 3.63) is 48.0 Å². The van der Waals surface area contributed by atoms with E-state index in [-0.39, 0.29) is 0 Å². The Morgan fingerprint density at radius 1 is 1.12 bits per heavy atom. The third-order valence-electron chi connectivity index (χ3n) is 4.22. The van der Waals surface area contributed by atoms with Crippen LogP contribution in [0.3, 0.4) is 0 Å². The lowest BCUT2D eigenvalue weighted by atomic mass is 10.2. The van der Waals surface area contributed by atoms with Gasteiger partial charge >= 0.3 is 0 Å². The van der Waals surface area contributed by atoms with Crippen molar-refractivity contribution < 1.29 is 9.47 Å². The highest BCUT2D eigenvalue weighted by atomic mass is 32.1. The normalized spacial score (nSPS) is 12.4. The van der Waals surface area contributed by atoms with Crippen LogP contribution in [0, 0.1) is 6.92 Å². The van der Waals surface area contributed by atoms with Crippen LogP contribution in [-0.4, -0.2) is 38.0 Å². The van der Waals surface area contributed by atoms with E-state index >= 15 is 0 Å². The van der Waals surface area contributed by atoms with E-state index in [1.165, 1.54) is 11.3 Å². The molecule has 0 aliphatic carbocycles. The summed E-state index contributed by atoms with van der Waals surface area (Å²) >= 11 is 5.40. The molecule has 0 radical (unpaired) electrons. The number of fused-ring (bicyclic) bond motifs is 1. The van der Waals surface area contributed by atoms with E-state index in [0.717, 1.165) is 36.8 Å². The van der Waals surface area contributed by atoms with Gasteiger partial charge in [-0.3, -0.25) is 0 Å². The SMILES string of the molecule is CCN(CCNC(=S)Nc1ccc2c(c1)OCCO2)c1cccc(C)c1. The maximum atomic E-state index is 5.60. The van der Waals surface area contributed by atoms with Gasteiger partial charge in [-0.05, 0) is 55.9 Å². The van der Waals surface area contributed by atoms with Crippen LogP contribution in [0.5, 0.6) is 11.5 Å². The van der Waals surface area contributed by atoms with Crippen molar-refractivity contribution in [3.8, 4) is 11.5 Å². The molecule has 0 bridgehead atoms. The molecule has 5 nitrogen and oxygen atoms in total. The number of likely N-dealkylation sites (N-methyl/N-ethyl adjacent to an activating group) is 1. The predicted octanol–water partition coefficient (Wildman–Crippen LogP) is 3.58. The lowest BCUT2D eigenvalue weighted by Crippen LogP contribution is -2.36. The summed E-state index contributed by atoms with van der Waals surface area (Å²) in [7, 11) is 0. The van der Waals surface area contributed by atoms with Crippen LogP contribution in [0.4, 0.5) is 11.4 Å². The standard InChI is InChI=1S/C20H25N3O2S/c1-3-23(17-6-4-5-15(2)13-17)10-9-21-20(26)22-16-7-8-18-19(14-16)25-12-11-24-18/h4-8,13-14H,3,9-12H2,1-2H3,(H2,21,22,26). The van der Waals surface area contributed by atoms with E-state index in [1.54, 1.807) is 0 Å². The second-order valence-corrected chi connectivity index (χ2v) is 6.57. The van der Waals surface area contributed by atoms with Gasteiger partial charge in [0.2, 0.25) is 0 Å². The largest absolute Gasteiger partial charge is 0.486 e. The van der Waals surface area contributed by atoms with Gasteiger partial charge < -0.3 is 25.0 Å². The minimum Gasteiger partial charge on any atom is -0.486 e. The van der Waals surface area contributed by atoms with E-state index in [1.807, 2.05) is 18.2 Å². The first-order chi connectivity index (χ1) is 12.7. The third kappa shape index (κ3) is 4.79. The highest BCUT2D eigenvalue weighted by Crippen LogP contribution is 2.32. The quantitative estimate of drug-likeness (QED) is 0.757. The fraction of sp³-hybridized carbons (Fsp3) is 0.350. The molecule has 0 fully saturated rings. The Morgan fingerprint density at radius 3 is 2.69 bits per heavy atom. The van der Waals surface area contributed by atoms with Gasteiger partial charge in [0.25, 0.3) is 0 Å². The van der Waals surface area contributed by atoms with Crippen LogP contribution >= 0.6 is 12.2 Å². The molecule has 2 aromatic rings. The number of aryl methyl sites for hydroxylation is 1. The molecule has 0 saturated heterocycles. The summed E-state index contributed by atoms with van der Waals surface area (Å²) < 4.78 is 11.1. The molecule has 2 aromatic carbocycles. The summed E-state index contributed by atoms with van der Waals surface area (Å²) in [5, 5.41) is 7.06.